The van der Waals surface area contributed by atoms with Crippen LogP contribution in [0.1, 0.15) is 40.5 Å². The van der Waals surface area contributed by atoms with Crippen LogP contribution in [0.15, 0.2) is 24.3 Å². The Morgan fingerprint density at radius 1 is 1.39 bits per heavy atom. The van der Waals surface area contributed by atoms with Gasteiger partial charge in [-0.1, -0.05) is 35.0 Å². The number of aromatic nitrogens is 3. The number of carbonyl (C=O) groups excluding carboxylic acids is 1. The third kappa shape index (κ3) is 2.04. The molecule has 1 saturated carbocycles. The van der Waals surface area contributed by atoms with Crippen LogP contribution in [-0.2, 0) is 6.54 Å². The third-order valence-corrected chi connectivity index (χ3v) is 3.52. The minimum atomic E-state index is 0.433. The first-order chi connectivity index (χ1) is 8.79. The van der Waals surface area contributed by atoms with E-state index in [1.165, 1.54) is 0 Å². The predicted molar refractivity (Wildman–Crippen MR) is 67.9 cm³/mol. The first-order valence-electron chi connectivity index (χ1n) is 5.91. The van der Waals surface area contributed by atoms with Crippen LogP contribution in [0.2, 0.25) is 5.02 Å². The van der Waals surface area contributed by atoms with Gasteiger partial charge in [0.15, 0.2) is 6.29 Å². The van der Waals surface area contributed by atoms with Crippen LogP contribution in [0.3, 0.4) is 0 Å². The molecule has 4 nitrogen and oxygen atoms in total. The molecule has 0 bridgehead atoms. The summed E-state index contributed by atoms with van der Waals surface area (Å²) in [6, 6.07) is 7.65. The van der Waals surface area contributed by atoms with Crippen LogP contribution in [0.25, 0.3) is 0 Å². The molecular weight excluding hydrogens is 250 g/mol. The molecule has 1 fully saturated rings. The van der Waals surface area contributed by atoms with Gasteiger partial charge < -0.3 is 0 Å². The monoisotopic (exact) mass is 261 g/mol. The van der Waals surface area contributed by atoms with Crippen molar-refractivity contribution in [2.45, 2.75) is 25.3 Å². The second kappa shape index (κ2) is 4.53. The van der Waals surface area contributed by atoms with Gasteiger partial charge in [-0.05, 0) is 24.5 Å². The number of aldehydes is 1. The summed E-state index contributed by atoms with van der Waals surface area (Å²) in [4.78, 5) is 11.0. The highest BCUT2D eigenvalue weighted by molar-refractivity contribution is 6.31. The number of nitrogens with zero attached hydrogens (tertiary/aromatic N) is 3. The molecule has 0 saturated heterocycles. The van der Waals surface area contributed by atoms with E-state index in [4.69, 9.17) is 11.6 Å². The van der Waals surface area contributed by atoms with Crippen LogP contribution in [-0.4, -0.2) is 21.3 Å². The minimum Gasteiger partial charge on any atom is -0.296 e. The summed E-state index contributed by atoms with van der Waals surface area (Å²) in [7, 11) is 0. The molecule has 0 N–H and O–H groups in total. The van der Waals surface area contributed by atoms with Crippen molar-refractivity contribution < 1.29 is 4.79 Å². The zero-order valence-corrected chi connectivity index (χ0v) is 10.5. The molecule has 18 heavy (non-hydrogen) atoms. The summed E-state index contributed by atoms with van der Waals surface area (Å²) in [5, 5.41) is 8.70. The maximum Gasteiger partial charge on any atom is 0.172 e. The van der Waals surface area contributed by atoms with E-state index in [2.05, 4.69) is 10.3 Å². The smallest absolute Gasteiger partial charge is 0.172 e. The van der Waals surface area contributed by atoms with Crippen molar-refractivity contribution in [1.82, 2.24) is 15.0 Å². The van der Waals surface area contributed by atoms with Gasteiger partial charge in [-0.15, -0.1) is 5.10 Å². The average molecular weight is 262 g/mol. The van der Waals surface area contributed by atoms with Gasteiger partial charge in [-0.3, -0.25) is 4.79 Å². The zero-order valence-electron chi connectivity index (χ0n) is 9.71. The molecule has 1 aromatic carbocycles. The minimum absolute atomic E-state index is 0.433. The molecule has 2 aromatic rings. The molecule has 0 unspecified atom stereocenters. The van der Waals surface area contributed by atoms with Gasteiger partial charge in [0.1, 0.15) is 5.69 Å². The molecule has 0 spiro atoms. The van der Waals surface area contributed by atoms with Gasteiger partial charge in [0, 0.05) is 10.9 Å². The Morgan fingerprint density at radius 3 is 2.83 bits per heavy atom. The van der Waals surface area contributed by atoms with Gasteiger partial charge in [0.2, 0.25) is 0 Å². The third-order valence-electron chi connectivity index (χ3n) is 3.15. The van der Waals surface area contributed by atoms with Crippen molar-refractivity contribution in [1.29, 1.82) is 0 Å². The van der Waals surface area contributed by atoms with Crippen LogP contribution in [0.5, 0.6) is 0 Å². The van der Waals surface area contributed by atoms with Crippen molar-refractivity contribution in [3.8, 4) is 0 Å². The van der Waals surface area contributed by atoms with Crippen LogP contribution < -0.4 is 0 Å². The lowest BCUT2D eigenvalue weighted by Crippen LogP contribution is -2.07. The van der Waals surface area contributed by atoms with E-state index >= 15 is 0 Å². The fourth-order valence-electron chi connectivity index (χ4n) is 2.10. The Kier molecular flexibility index (Phi) is 2.88. The fraction of sp³-hybridized carbons (Fsp3) is 0.308. The second-order valence-electron chi connectivity index (χ2n) is 4.50. The van der Waals surface area contributed by atoms with E-state index in [0.29, 0.717) is 23.2 Å². The molecule has 3 rings (SSSR count). The van der Waals surface area contributed by atoms with Crippen LogP contribution in [0, 0.1) is 0 Å². The molecule has 0 atom stereocenters. The van der Waals surface area contributed by atoms with E-state index in [9.17, 15) is 4.79 Å². The summed E-state index contributed by atoms with van der Waals surface area (Å²) in [5.41, 5.74) is 2.40. The molecule has 1 aliphatic rings. The van der Waals surface area contributed by atoms with Crippen molar-refractivity contribution in [2.75, 3.05) is 0 Å². The summed E-state index contributed by atoms with van der Waals surface area (Å²) in [6.07, 6.45) is 3.00. The van der Waals surface area contributed by atoms with E-state index in [0.717, 1.165) is 30.4 Å². The Bertz CT molecular complexity index is 590. The Morgan fingerprint density at radius 2 is 2.17 bits per heavy atom. The standard InChI is InChI=1S/C13H12ClN3O/c14-11-4-2-1-3-10(11)7-17-13(9-5-6-9)12(8-18)15-16-17/h1-4,8-9H,5-7H2. The van der Waals surface area contributed by atoms with Crippen molar-refractivity contribution >= 4 is 17.9 Å². The number of hydrogen-bond acceptors (Lipinski definition) is 3. The van der Waals surface area contributed by atoms with Gasteiger partial charge in [-0.25, -0.2) is 4.68 Å². The lowest BCUT2D eigenvalue weighted by Gasteiger charge is -2.07. The second-order valence-corrected chi connectivity index (χ2v) is 4.91. The maximum atomic E-state index is 11.0. The summed E-state index contributed by atoms with van der Waals surface area (Å²) in [5.74, 6) is 0.433. The van der Waals surface area contributed by atoms with Gasteiger partial charge in [-0.2, -0.15) is 0 Å². The summed E-state index contributed by atoms with van der Waals surface area (Å²) >= 11 is 6.13. The van der Waals surface area contributed by atoms with Crippen LogP contribution in [0.4, 0.5) is 0 Å². The summed E-state index contributed by atoms with van der Waals surface area (Å²) in [6.45, 7) is 0.562. The van der Waals surface area contributed by atoms with E-state index in [1.807, 2.05) is 24.3 Å². The maximum absolute atomic E-state index is 11.0. The first kappa shape index (κ1) is 11.4. The lowest BCUT2D eigenvalue weighted by molar-refractivity contribution is 0.111. The zero-order chi connectivity index (χ0) is 12.5. The highest BCUT2D eigenvalue weighted by atomic mass is 35.5. The molecular formula is C13H12ClN3O. The van der Waals surface area contributed by atoms with Crippen molar-refractivity contribution in [3.05, 3.63) is 46.2 Å². The largest absolute Gasteiger partial charge is 0.296 e. The highest BCUT2D eigenvalue weighted by Gasteiger charge is 2.31. The molecule has 0 aliphatic heterocycles. The summed E-state index contributed by atoms with van der Waals surface area (Å²) < 4.78 is 1.79. The fourth-order valence-corrected chi connectivity index (χ4v) is 2.29. The number of carbonyl (C=O) groups is 1. The highest BCUT2D eigenvalue weighted by Crippen LogP contribution is 2.41. The molecule has 0 radical (unpaired) electrons. The van der Waals surface area contributed by atoms with Crippen molar-refractivity contribution in [3.63, 3.8) is 0 Å². The Labute approximate surface area is 110 Å². The van der Waals surface area contributed by atoms with Crippen LogP contribution >= 0.6 is 11.6 Å². The molecule has 0 amide bonds. The Balaban J connectivity index is 1.95. The topological polar surface area (TPSA) is 47.8 Å². The Hall–Kier alpha value is -1.68. The predicted octanol–water partition coefficient (Wildman–Crippen LogP) is 2.67. The SMILES string of the molecule is O=Cc1nnn(Cc2ccccc2Cl)c1C1CC1. The van der Waals surface area contributed by atoms with Crippen molar-refractivity contribution in [2.24, 2.45) is 0 Å². The number of benzene rings is 1. The lowest BCUT2D eigenvalue weighted by atomic mass is 10.2. The van der Waals surface area contributed by atoms with Gasteiger partial charge in [0.25, 0.3) is 0 Å². The average Bonchev–Trinajstić information content (AvgIpc) is 3.14. The molecule has 1 aliphatic carbocycles. The van der Waals surface area contributed by atoms with E-state index in [-0.39, 0.29) is 0 Å². The number of halogens is 1. The molecule has 5 heteroatoms. The molecule has 1 heterocycles. The van der Waals surface area contributed by atoms with E-state index in [1.54, 1.807) is 4.68 Å². The van der Waals surface area contributed by atoms with Gasteiger partial charge in [0.05, 0.1) is 12.2 Å². The first-order valence-corrected chi connectivity index (χ1v) is 6.29. The number of hydrogen-bond donors (Lipinski definition) is 0. The molecule has 1 aromatic heterocycles. The molecule has 92 valence electrons. The van der Waals surface area contributed by atoms with Gasteiger partial charge >= 0.3 is 0 Å². The number of rotatable bonds is 4. The quantitative estimate of drug-likeness (QED) is 0.795. The van der Waals surface area contributed by atoms with E-state index < -0.39 is 0 Å². The normalized spacial score (nSPS) is 14.7.